The largest absolute Gasteiger partial charge is 0.452 e. The van der Waals surface area contributed by atoms with Crippen molar-refractivity contribution >= 4 is 27.6 Å². The number of aryl methyl sites for hydroxylation is 1. The maximum atomic E-state index is 12.4. The first-order valence-corrected chi connectivity index (χ1v) is 10.6. The number of nitrogens with zero attached hydrogens (tertiary/aromatic N) is 1. The lowest BCUT2D eigenvalue weighted by Crippen LogP contribution is -2.33. The van der Waals surface area contributed by atoms with Gasteiger partial charge in [-0.05, 0) is 44.4 Å². The molecule has 1 aliphatic rings. The summed E-state index contributed by atoms with van der Waals surface area (Å²) in [7, 11) is -0.720. The lowest BCUT2D eigenvalue weighted by Gasteiger charge is -2.22. The summed E-state index contributed by atoms with van der Waals surface area (Å²) in [6, 6.07) is 4.54. The maximum Gasteiger partial charge on any atom is 0.309 e. The van der Waals surface area contributed by atoms with Crippen LogP contribution in [0.2, 0.25) is 0 Å². The molecule has 0 aliphatic heterocycles. The molecule has 0 aromatic heterocycles. The normalized spacial score (nSPS) is 16.8. The fraction of sp³-hybridized carbons (Fsp3) is 0.579. The van der Waals surface area contributed by atoms with Gasteiger partial charge < -0.3 is 10.1 Å². The van der Waals surface area contributed by atoms with Crippen molar-refractivity contribution in [1.29, 1.82) is 0 Å². The third kappa shape index (κ3) is 5.29. The number of hydrogen-bond acceptors (Lipinski definition) is 5. The van der Waals surface area contributed by atoms with Crippen molar-refractivity contribution in [1.82, 2.24) is 4.31 Å². The average molecular weight is 397 g/mol. The third-order valence-corrected chi connectivity index (χ3v) is 6.66. The number of anilines is 1. The zero-order valence-corrected chi connectivity index (χ0v) is 17.1. The Morgan fingerprint density at radius 2 is 1.81 bits per heavy atom. The quantitative estimate of drug-likeness (QED) is 0.746. The number of rotatable bonds is 6. The fourth-order valence-electron chi connectivity index (χ4n) is 3.00. The molecule has 1 saturated carbocycles. The Hall–Kier alpha value is -1.93. The van der Waals surface area contributed by atoms with Crippen molar-refractivity contribution in [2.75, 3.05) is 19.4 Å². The van der Waals surface area contributed by atoms with E-state index in [4.69, 9.17) is 4.74 Å². The Morgan fingerprint density at radius 1 is 1.19 bits per heavy atom. The zero-order valence-electron chi connectivity index (χ0n) is 16.3. The highest BCUT2D eigenvalue weighted by Crippen LogP contribution is 2.26. The first kappa shape index (κ1) is 21.4. The van der Waals surface area contributed by atoms with E-state index in [1.54, 1.807) is 13.0 Å². The van der Waals surface area contributed by atoms with Gasteiger partial charge in [-0.25, -0.2) is 12.7 Å². The summed E-state index contributed by atoms with van der Waals surface area (Å²) in [4.78, 5) is 24.7. The number of sulfonamides is 1. The molecule has 27 heavy (non-hydrogen) atoms. The topological polar surface area (TPSA) is 92.8 Å². The summed E-state index contributed by atoms with van der Waals surface area (Å²) in [6.07, 6.45) is 3.80. The molecule has 1 N–H and O–H groups in total. The van der Waals surface area contributed by atoms with E-state index < -0.39 is 22.0 Å². The first-order chi connectivity index (χ1) is 12.6. The predicted molar refractivity (Wildman–Crippen MR) is 103 cm³/mol. The van der Waals surface area contributed by atoms with Crippen molar-refractivity contribution in [3.63, 3.8) is 0 Å². The highest BCUT2D eigenvalue weighted by Gasteiger charge is 2.27. The molecule has 0 saturated heterocycles. The fourth-order valence-corrected chi connectivity index (χ4v) is 3.93. The van der Waals surface area contributed by atoms with Crippen LogP contribution in [-0.2, 0) is 24.3 Å². The summed E-state index contributed by atoms with van der Waals surface area (Å²) < 4.78 is 31.0. The predicted octanol–water partition coefficient (Wildman–Crippen LogP) is 2.70. The molecule has 0 unspecified atom stereocenters. The van der Waals surface area contributed by atoms with E-state index in [2.05, 4.69) is 5.32 Å². The van der Waals surface area contributed by atoms with E-state index in [1.165, 1.54) is 33.2 Å². The van der Waals surface area contributed by atoms with Gasteiger partial charge in [0.05, 0.1) is 10.8 Å². The van der Waals surface area contributed by atoms with E-state index in [0.717, 1.165) is 36.4 Å². The molecule has 1 atom stereocenters. The molecule has 1 fully saturated rings. The van der Waals surface area contributed by atoms with Crippen LogP contribution >= 0.6 is 0 Å². The number of carbonyl (C=O) groups is 2. The first-order valence-electron chi connectivity index (χ1n) is 9.17. The summed E-state index contributed by atoms with van der Waals surface area (Å²) in [5.41, 5.74) is 1.09. The Kier molecular flexibility index (Phi) is 7.00. The number of carbonyl (C=O) groups excluding carboxylic acids is 2. The van der Waals surface area contributed by atoms with Crippen LogP contribution in [0.3, 0.4) is 0 Å². The molecule has 2 rings (SSSR count). The molecule has 0 bridgehead atoms. The molecule has 1 aromatic rings. The molecule has 7 nitrogen and oxygen atoms in total. The summed E-state index contributed by atoms with van der Waals surface area (Å²) >= 11 is 0. The van der Waals surface area contributed by atoms with Gasteiger partial charge in [0.2, 0.25) is 10.0 Å². The minimum atomic E-state index is -3.61. The van der Waals surface area contributed by atoms with Gasteiger partial charge in [0, 0.05) is 19.8 Å². The van der Waals surface area contributed by atoms with Crippen molar-refractivity contribution < 1.29 is 22.7 Å². The third-order valence-electron chi connectivity index (χ3n) is 4.85. The Balaban J connectivity index is 2.07. The Morgan fingerprint density at radius 3 is 2.41 bits per heavy atom. The monoisotopic (exact) mass is 396 g/mol. The molecule has 1 amide bonds. The van der Waals surface area contributed by atoms with Crippen LogP contribution in [0.25, 0.3) is 0 Å². The minimum absolute atomic E-state index is 0.0836. The lowest BCUT2D eigenvalue weighted by molar-refractivity contribution is -0.158. The molecule has 1 aliphatic carbocycles. The molecule has 0 spiro atoms. The van der Waals surface area contributed by atoms with Gasteiger partial charge in [-0.1, -0.05) is 25.3 Å². The summed E-state index contributed by atoms with van der Waals surface area (Å²) in [5.74, 6) is -0.955. The molecule has 1 aromatic carbocycles. The Bertz CT molecular complexity index is 798. The minimum Gasteiger partial charge on any atom is -0.452 e. The van der Waals surface area contributed by atoms with Crippen molar-refractivity contribution in [3.8, 4) is 0 Å². The van der Waals surface area contributed by atoms with Gasteiger partial charge in [0.1, 0.15) is 0 Å². The van der Waals surface area contributed by atoms with Crippen LogP contribution in [0, 0.1) is 12.8 Å². The highest BCUT2D eigenvalue weighted by atomic mass is 32.2. The van der Waals surface area contributed by atoms with Crippen LogP contribution in [0.15, 0.2) is 23.1 Å². The molecular weight excluding hydrogens is 368 g/mol. The average Bonchev–Trinajstić information content (AvgIpc) is 2.63. The summed E-state index contributed by atoms with van der Waals surface area (Å²) in [5, 5.41) is 2.67. The number of benzene rings is 1. The van der Waals surface area contributed by atoms with Gasteiger partial charge in [-0.3, -0.25) is 9.59 Å². The van der Waals surface area contributed by atoms with Crippen molar-refractivity contribution in [2.45, 2.75) is 57.0 Å². The second-order valence-corrected chi connectivity index (χ2v) is 9.32. The second-order valence-electron chi connectivity index (χ2n) is 7.17. The number of ether oxygens (including phenoxy) is 1. The van der Waals surface area contributed by atoms with E-state index in [0.29, 0.717) is 11.3 Å². The Labute approximate surface area is 161 Å². The number of nitrogens with one attached hydrogen (secondary N) is 1. The second kappa shape index (κ2) is 8.84. The zero-order chi connectivity index (χ0) is 20.2. The van der Waals surface area contributed by atoms with Gasteiger partial charge in [0.15, 0.2) is 6.10 Å². The standard InChI is InChI=1S/C19H28N2O5S/c1-13-10-11-16(27(24,25)21(3)4)12-17(13)20-18(22)14(2)26-19(23)15-8-6-5-7-9-15/h10-12,14-15H,5-9H2,1-4H3,(H,20,22)/t14-/m0/s1. The van der Waals surface area contributed by atoms with Crippen LogP contribution in [0.5, 0.6) is 0 Å². The highest BCUT2D eigenvalue weighted by molar-refractivity contribution is 7.89. The van der Waals surface area contributed by atoms with Crippen LogP contribution in [0.1, 0.15) is 44.6 Å². The van der Waals surface area contributed by atoms with E-state index in [-0.39, 0.29) is 16.8 Å². The van der Waals surface area contributed by atoms with Crippen molar-refractivity contribution in [3.05, 3.63) is 23.8 Å². The summed E-state index contributed by atoms with van der Waals surface area (Å²) in [6.45, 7) is 3.28. The number of esters is 1. The van der Waals surface area contributed by atoms with Crippen molar-refractivity contribution in [2.24, 2.45) is 5.92 Å². The number of hydrogen-bond donors (Lipinski definition) is 1. The molecule has 0 radical (unpaired) electrons. The lowest BCUT2D eigenvalue weighted by atomic mass is 9.89. The smallest absolute Gasteiger partial charge is 0.309 e. The van der Waals surface area contributed by atoms with Gasteiger partial charge in [-0.15, -0.1) is 0 Å². The number of amides is 1. The molecule has 8 heteroatoms. The van der Waals surface area contributed by atoms with Crippen LogP contribution in [0.4, 0.5) is 5.69 Å². The van der Waals surface area contributed by atoms with Crippen LogP contribution in [-0.4, -0.2) is 44.8 Å². The van der Waals surface area contributed by atoms with Crippen LogP contribution < -0.4 is 5.32 Å². The van der Waals surface area contributed by atoms with Gasteiger partial charge in [0.25, 0.3) is 5.91 Å². The van der Waals surface area contributed by atoms with E-state index in [1.807, 2.05) is 0 Å². The SMILES string of the molecule is Cc1ccc(S(=O)(=O)N(C)C)cc1NC(=O)[C@H](C)OC(=O)C1CCCCC1. The van der Waals surface area contributed by atoms with Gasteiger partial charge >= 0.3 is 5.97 Å². The maximum absolute atomic E-state index is 12.4. The van der Waals surface area contributed by atoms with E-state index in [9.17, 15) is 18.0 Å². The molecule has 0 heterocycles. The van der Waals surface area contributed by atoms with Gasteiger partial charge in [-0.2, -0.15) is 0 Å². The molecular formula is C19H28N2O5S. The molecule has 150 valence electrons. The van der Waals surface area contributed by atoms with E-state index >= 15 is 0 Å².